The predicted molar refractivity (Wildman–Crippen MR) is 67.2 cm³/mol. The summed E-state index contributed by atoms with van der Waals surface area (Å²) in [6.07, 6.45) is 0.562. The van der Waals surface area contributed by atoms with Crippen molar-refractivity contribution in [2.45, 2.75) is 24.3 Å². The summed E-state index contributed by atoms with van der Waals surface area (Å²) in [6, 6.07) is 6.76. The molecule has 1 aromatic rings. The van der Waals surface area contributed by atoms with Crippen LogP contribution in [0, 0.1) is 18.3 Å². The van der Waals surface area contributed by atoms with Gasteiger partial charge in [0.25, 0.3) is 0 Å². The molecule has 1 heterocycles. The molecule has 0 spiro atoms. The van der Waals surface area contributed by atoms with Gasteiger partial charge in [-0.3, -0.25) is 0 Å². The van der Waals surface area contributed by atoms with E-state index >= 15 is 0 Å². The van der Waals surface area contributed by atoms with E-state index in [4.69, 9.17) is 5.26 Å². The number of benzene rings is 1. The Morgan fingerprint density at radius 2 is 2.47 bits per heavy atom. The molecule has 1 aliphatic rings. The van der Waals surface area contributed by atoms with Crippen molar-refractivity contribution in [2.75, 3.05) is 11.1 Å². The van der Waals surface area contributed by atoms with Crippen molar-refractivity contribution >= 4 is 33.4 Å². The number of hydrogen-bond acceptors (Lipinski definition) is 3. The van der Waals surface area contributed by atoms with Gasteiger partial charge in [-0.1, -0.05) is 0 Å². The molecule has 78 valence electrons. The first kappa shape index (κ1) is 10.8. The predicted octanol–water partition coefficient (Wildman–Crippen LogP) is 3.56. The van der Waals surface area contributed by atoms with Crippen molar-refractivity contribution in [1.29, 1.82) is 5.26 Å². The second-order valence-electron chi connectivity index (χ2n) is 3.63. The van der Waals surface area contributed by atoms with E-state index in [9.17, 15) is 0 Å². The first-order valence-corrected chi connectivity index (χ1v) is 6.55. The fraction of sp³-hybridized carbons (Fsp3) is 0.364. The molecule has 1 aliphatic heterocycles. The van der Waals surface area contributed by atoms with Crippen molar-refractivity contribution in [3.05, 3.63) is 22.2 Å². The fourth-order valence-corrected chi connectivity index (χ4v) is 3.61. The van der Waals surface area contributed by atoms with Gasteiger partial charge < -0.3 is 5.32 Å². The van der Waals surface area contributed by atoms with E-state index in [1.807, 2.05) is 11.8 Å². The summed E-state index contributed by atoms with van der Waals surface area (Å²) in [4.78, 5) is 1.27. The van der Waals surface area contributed by atoms with Crippen molar-refractivity contribution in [2.24, 2.45) is 0 Å². The van der Waals surface area contributed by atoms with Crippen LogP contribution in [0.15, 0.2) is 21.5 Å². The van der Waals surface area contributed by atoms with Crippen molar-refractivity contribution in [3.63, 3.8) is 0 Å². The maximum atomic E-state index is 8.67. The summed E-state index contributed by atoms with van der Waals surface area (Å²) in [5.74, 6) is 0.969. The molecule has 0 bridgehead atoms. The van der Waals surface area contributed by atoms with Gasteiger partial charge in [0, 0.05) is 21.2 Å². The van der Waals surface area contributed by atoms with E-state index in [0.717, 1.165) is 15.9 Å². The molecule has 1 unspecified atom stereocenters. The molecule has 15 heavy (non-hydrogen) atoms. The van der Waals surface area contributed by atoms with E-state index in [2.05, 4.69) is 46.4 Å². The van der Waals surface area contributed by atoms with Gasteiger partial charge in [-0.2, -0.15) is 5.26 Å². The van der Waals surface area contributed by atoms with Gasteiger partial charge in [-0.15, -0.1) is 11.8 Å². The molecule has 0 amide bonds. The van der Waals surface area contributed by atoms with Gasteiger partial charge in [-0.05, 0) is 40.5 Å². The van der Waals surface area contributed by atoms with E-state index in [-0.39, 0.29) is 6.04 Å². The molecule has 0 fully saturated rings. The SMILES string of the molecule is Cc1cc(Br)c2c(c1)SCC(CC#N)N2. The number of halogens is 1. The molecule has 4 heteroatoms. The van der Waals surface area contributed by atoms with Crippen LogP contribution in [-0.4, -0.2) is 11.8 Å². The topological polar surface area (TPSA) is 35.8 Å². The smallest absolute Gasteiger partial charge is 0.0643 e. The largest absolute Gasteiger partial charge is 0.379 e. The summed E-state index contributed by atoms with van der Waals surface area (Å²) >= 11 is 5.37. The van der Waals surface area contributed by atoms with Crippen LogP contribution in [0.4, 0.5) is 5.69 Å². The highest BCUT2D eigenvalue weighted by molar-refractivity contribution is 9.10. The molecule has 1 atom stereocenters. The van der Waals surface area contributed by atoms with Gasteiger partial charge in [0.05, 0.1) is 18.2 Å². The lowest BCUT2D eigenvalue weighted by Gasteiger charge is -2.26. The standard InChI is InChI=1S/C11H11BrN2S/c1-7-4-9(12)11-10(5-7)15-6-8(14-11)2-3-13/h4-5,8,14H,2,6H2,1H3. The third kappa shape index (κ3) is 2.30. The number of hydrogen-bond donors (Lipinski definition) is 1. The Balaban J connectivity index is 2.30. The van der Waals surface area contributed by atoms with Gasteiger partial charge in [0.2, 0.25) is 0 Å². The molecule has 0 aliphatic carbocycles. The monoisotopic (exact) mass is 282 g/mol. The normalized spacial score (nSPS) is 18.9. The number of anilines is 1. The van der Waals surface area contributed by atoms with Gasteiger partial charge in [0.15, 0.2) is 0 Å². The molecule has 0 saturated heterocycles. The zero-order valence-electron chi connectivity index (χ0n) is 8.38. The third-order valence-corrected chi connectivity index (χ3v) is 4.15. The van der Waals surface area contributed by atoms with Crippen molar-refractivity contribution in [3.8, 4) is 6.07 Å². The minimum Gasteiger partial charge on any atom is -0.379 e. The van der Waals surface area contributed by atoms with Crippen molar-refractivity contribution < 1.29 is 0 Å². The number of nitrogens with one attached hydrogen (secondary N) is 1. The zero-order chi connectivity index (χ0) is 10.8. The van der Waals surface area contributed by atoms with E-state index in [1.54, 1.807) is 0 Å². The Hall–Kier alpha value is -0.660. The summed E-state index contributed by atoms with van der Waals surface area (Å²) in [6.45, 7) is 2.09. The lowest BCUT2D eigenvalue weighted by Crippen LogP contribution is -2.25. The van der Waals surface area contributed by atoms with Crippen LogP contribution < -0.4 is 5.32 Å². The maximum Gasteiger partial charge on any atom is 0.0643 e. The highest BCUT2D eigenvalue weighted by Crippen LogP contribution is 2.39. The Labute approximate surface area is 102 Å². The van der Waals surface area contributed by atoms with Crippen LogP contribution in [-0.2, 0) is 0 Å². The molecule has 0 radical (unpaired) electrons. The lowest BCUT2D eigenvalue weighted by molar-refractivity contribution is 0.818. The van der Waals surface area contributed by atoms with Crippen LogP contribution in [0.2, 0.25) is 0 Å². The number of nitrogens with zero attached hydrogens (tertiary/aromatic N) is 1. The number of rotatable bonds is 1. The molecule has 0 aromatic heterocycles. The molecule has 1 N–H and O–H groups in total. The third-order valence-electron chi connectivity index (χ3n) is 2.32. The summed E-state index contributed by atoms with van der Waals surface area (Å²) in [7, 11) is 0. The van der Waals surface area contributed by atoms with Gasteiger partial charge in [0.1, 0.15) is 0 Å². The fourth-order valence-electron chi connectivity index (χ4n) is 1.62. The number of aryl methyl sites for hydroxylation is 1. The van der Waals surface area contributed by atoms with Crippen LogP contribution in [0.25, 0.3) is 0 Å². The first-order valence-electron chi connectivity index (χ1n) is 4.77. The van der Waals surface area contributed by atoms with E-state index < -0.39 is 0 Å². The Morgan fingerprint density at radius 1 is 1.67 bits per heavy atom. The first-order chi connectivity index (χ1) is 7.20. The molecule has 0 saturated carbocycles. The molecular formula is C11H11BrN2S. The maximum absolute atomic E-state index is 8.67. The molecular weight excluding hydrogens is 272 g/mol. The average molecular weight is 283 g/mol. The number of fused-ring (bicyclic) bond motifs is 1. The second-order valence-corrected chi connectivity index (χ2v) is 5.55. The van der Waals surface area contributed by atoms with Crippen LogP contribution >= 0.6 is 27.7 Å². The summed E-state index contributed by atoms with van der Waals surface area (Å²) in [5, 5.41) is 12.1. The van der Waals surface area contributed by atoms with Crippen molar-refractivity contribution in [1.82, 2.24) is 0 Å². The Bertz CT molecular complexity index is 425. The number of thioether (sulfide) groups is 1. The lowest BCUT2D eigenvalue weighted by atomic mass is 10.2. The van der Waals surface area contributed by atoms with E-state index in [1.165, 1.54) is 10.5 Å². The minimum absolute atomic E-state index is 0.270. The highest BCUT2D eigenvalue weighted by atomic mass is 79.9. The van der Waals surface area contributed by atoms with Gasteiger partial charge >= 0.3 is 0 Å². The van der Waals surface area contributed by atoms with Crippen LogP contribution in [0.5, 0.6) is 0 Å². The average Bonchev–Trinajstić information content (AvgIpc) is 2.19. The second kappa shape index (κ2) is 4.46. The Kier molecular flexibility index (Phi) is 3.22. The van der Waals surface area contributed by atoms with Crippen LogP contribution in [0.1, 0.15) is 12.0 Å². The molecule has 2 rings (SSSR count). The highest BCUT2D eigenvalue weighted by Gasteiger charge is 2.20. The van der Waals surface area contributed by atoms with Gasteiger partial charge in [-0.25, -0.2) is 0 Å². The van der Waals surface area contributed by atoms with Crippen LogP contribution in [0.3, 0.4) is 0 Å². The summed E-state index contributed by atoms with van der Waals surface area (Å²) in [5.41, 5.74) is 2.39. The number of nitriles is 1. The minimum atomic E-state index is 0.270. The Morgan fingerprint density at radius 3 is 3.20 bits per heavy atom. The molecule has 2 nitrogen and oxygen atoms in total. The summed E-state index contributed by atoms with van der Waals surface area (Å²) < 4.78 is 1.09. The van der Waals surface area contributed by atoms with E-state index in [0.29, 0.717) is 6.42 Å². The zero-order valence-corrected chi connectivity index (χ0v) is 10.8. The quantitative estimate of drug-likeness (QED) is 0.856. The molecule has 1 aromatic carbocycles.